The van der Waals surface area contributed by atoms with E-state index in [-0.39, 0.29) is 29.8 Å². The summed E-state index contributed by atoms with van der Waals surface area (Å²) in [6.45, 7) is 2.41. The maximum atomic E-state index is 12.8. The van der Waals surface area contributed by atoms with Crippen molar-refractivity contribution >= 4 is 27.7 Å². The maximum absolute atomic E-state index is 12.8. The van der Waals surface area contributed by atoms with E-state index in [1.807, 2.05) is 0 Å². The van der Waals surface area contributed by atoms with Crippen LogP contribution in [0.5, 0.6) is 5.75 Å². The number of piperazine rings is 1. The predicted molar refractivity (Wildman–Crippen MR) is 99.6 cm³/mol. The molecule has 2 saturated heterocycles. The summed E-state index contributed by atoms with van der Waals surface area (Å²) in [4.78, 5) is 14.2. The van der Waals surface area contributed by atoms with Gasteiger partial charge in [-0.25, -0.2) is 0 Å². The van der Waals surface area contributed by atoms with Gasteiger partial charge in [0.15, 0.2) is 0 Å². The first-order valence-electron chi connectivity index (χ1n) is 8.92. The molecule has 0 unspecified atom stereocenters. The standard InChI is InChI=1S/C17H24ClN3O4S/c18-15-13-14(5-6-16(15)22)17(23)19-9-11-21(12-10-19)26(24,25)20-7-3-1-2-4-8-20/h5-6,13,22H,1-4,7-12H2. The molecule has 0 bridgehead atoms. The van der Waals surface area contributed by atoms with Crippen molar-refractivity contribution in [1.82, 2.24) is 13.5 Å². The SMILES string of the molecule is O=C(c1ccc(O)c(Cl)c1)N1CCN(S(=O)(=O)N2CCCCCC2)CC1. The molecule has 0 aromatic heterocycles. The van der Waals surface area contributed by atoms with Crippen LogP contribution in [-0.2, 0) is 10.2 Å². The van der Waals surface area contributed by atoms with Crippen LogP contribution >= 0.6 is 11.6 Å². The summed E-state index contributed by atoms with van der Waals surface area (Å²) < 4.78 is 28.7. The number of phenolic OH excluding ortho intramolecular Hbond substituents is 1. The molecule has 1 N–H and O–H groups in total. The molecule has 1 aromatic rings. The van der Waals surface area contributed by atoms with Gasteiger partial charge in [-0.3, -0.25) is 4.79 Å². The number of hydrogen-bond acceptors (Lipinski definition) is 4. The fraction of sp³-hybridized carbons (Fsp3) is 0.588. The minimum Gasteiger partial charge on any atom is -0.506 e. The lowest BCUT2D eigenvalue weighted by Gasteiger charge is -2.36. The molecule has 26 heavy (non-hydrogen) atoms. The Balaban J connectivity index is 1.62. The van der Waals surface area contributed by atoms with E-state index in [1.165, 1.54) is 22.5 Å². The topological polar surface area (TPSA) is 81.2 Å². The second-order valence-corrected chi connectivity index (χ2v) is 9.01. The fourth-order valence-electron chi connectivity index (χ4n) is 3.38. The Morgan fingerprint density at radius 3 is 2.08 bits per heavy atom. The first-order chi connectivity index (χ1) is 12.4. The van der Waals surface area contributed by atoms with Crippen LogP contribution in [0.15, 0.2) is 18.2 Å². The number of carbonyl (C=O) groups excluding carboxylic acids is 1. The molecule has 2 aliphatic rings. The zero-order chi connectivity index (χ0) is 18.7. The second kappa shape index (κ2) is 8.12. The summed E-state index contributed by atoms with van der Waals surface area (Å²) in [5.74, 6) is -0.282. The Labute approximate surface area is 159 Å². The highest BCUT2D eigenvalue weighted by molar-refractivity contribution is 7.86. The zero-order valence-corrected chi connectivity index (χ0v) is 16.2. The average Bonchev–Trinajstić information content (AvgIpc) is 2.93. The van der Waals surface area contributed by atoms with E-state index in [0.29, 0.717) is 31.7 Å². The van der Waals surface area contributed by atoms with Crippen LogP contribution in [0.4, 0.5) is 0 Å². The number of aromatic hydroxyl groups is 1. The molecule has 144 valence electrons. The molecule has 0 radical (unpaired) electrons. The first-order valence-corrected chi connectivity index (χ1v) is 10.7. The monoisotopic (exact) mass is 401 g/mol. The molecule has 2 heterocycles. The third-order valence-electron chi connectivity index (χ3n) is 4.94. The van der Waals surface area contributed by atoms with Crippen LogP contribution in [0.2, 0.25) is 5.02 Å². The number of halogens is 1. The highest BCUT2D eigenvalue weighted by atomic mass is 35.5. The predicted octanol–water partition coefficient (Wildman–Crippen LogP) is 1.92. The minimum atomic E-state index is -3.46. The summed E-state index contributed by atoms with van der Waals surface area (Å²) in [6, 6.07) is 4.33. The second-order valence-electron chi connectivity index (χ2n) is 6.68. The zero-order valence-electron chi connectivity index (χ0n) is 14.6. The highest BCUT2D eigenvalue weighted by Gasteiger charge is 2.33. The number of rotatable bonds is 3. The molecule has 0 saturated carbocycles. The molecule has 2 aliphatic heterocycles. The van der Waals surface area contributed by atoms with Crippen molar-refractivity contribution in [3.05, 3.63) is 28.8 Å². The van der Waals surface area contributed by atoms with Crippen LogP contribution in [0.3, 0.4) is 0 Å². The van der Waals surface area contributed by atoms with Gasteiger partial charge in [0.1, 0.15) is 5.75 Å². The summed E-state index contributed by atoms with van der Waals surface area (Å²) in [7, 11) is -3.46. The van der Waals surface area contributed by atoms with Crippen LogP contribution in [-0.4, -0.2) is 72.2 Å². The summed E-state index contributed by atoms with van der Waals surface area (Å²) in [5, 5.41) is 9.59. The van der Waals surface area contributed by atoms with Crippen molar-refractivity contribution in [1.29, 1.82) is 0 Å². The lowest BCUT2D eigenvalue weighted by molar-refractivity contribution is 0.0694. The van der Waals surface area contributed by atoms with Gasteiger partial charge >= 0.3 is 0 Å². The van der Waals surface area contributed by atoms with Crippen molar-refractivity contribution in [3.63, 3.8) is 0 Å². The Kier molecular flexibility index (Phi) is 6.06. The quantitative estimate of drug-likeness (QED) is 0.839. The molecular formula is C17H24ClN3O4S. The van der Waals surface area contributed by atoms with Crippen molar-refractivity contribution in [2.45, 2.75) is 25.7 Å². The number of phenols is 1. The van der Waals surface area contributed by atoms with E-state index in [1.54, 1.807) is 9.21 Å². The Morgan fingerprint density at radius 1 is 0.923 bits per heavy atom. The van der Waals surface area contributed by atoms with E-state index in [0.717, 1.165) is 25.7 Å². The van der Waals surface area contributed by atoms with E-state index in [9.17, 15) is 18.3 Å². The van der Waals surface area contributed by atoms with E-state index in [2.05, 4.69) is 0 Å². The van der Waals surface area contributed by atoms with Gasteiger partial charge in [0.25, 0.3) is 16.1 Å². The normalized spacial score (nSPS) is 20.7. The third-order valence-corrected chi connectivity index (χ3v) is 7.28. The third kappa shape index (κ3) is 4.14. The number of nitrogens with zero attached hydrogens (tertiary/aromatic N) is 3. The molecule has 9 heteroatoms. The fourth-order valence-corrected chi connectivity index (χ4v) is 5.23. The molecular weight excluding hydrogens is 378 g/mol. The van der Waals surface area contributed by atoms with Gasteiger partial charge in [-0.15, -0.1) is 0 Å². The molecule has 7 nitrogen and oxygen atoms in total. The molecule has 2 fully saturated rings. The number of hydrogen-bond donors (Lipinski definition) is 1. The van der Waals surface area contributed by atoms with E-state index < -0.39 is 10.2 Å². The van der Waals surface area contributed by atoms with Crippen LogP contribution in [0, 0.1) is 0 Å². The molecule has 3 rings (SSSR count). The number of benzene rings is 1. The lowest BCUT2D eigenvalue weighted by atomic mass is 10.2. The summed E-state index contributed by atoms with van der Waals surface area (Å²) in [6.07, 6.45) is 3.95. The molecule has 1 amide bonds. The van der Waals surface area contributed by atoms with Crippen LogP contribution < -0.4 is 0 Å². The van der Waals surface area contributed by atoms with Gasteiger partial charge in [0, 0.05) is 44.8 Å². The van der Waals surface area contributed by atoms with Crippen molar-refractivity contribution in [2.75, 3.05) is 39.3 Å². The van der Waals surface area contributed by atoms with Crippen molar-refractivity contribution < 1.29 is 18.3 Å². The van der Waals surface area contributed by atoms with Gasteiger partial charge in [0.05, 0.1) is 5.02 Å². The Bertz CT molecular complexity index is 755. The van der Waals surface area contributed by atoms with Crippen molar-refractivity contribution in [3.8, 4) is 5.75 Å². The van der Waals surface area contributed by atoms with Crippen LogP contribution in [0.1, 0.15) is 36.0 Å². The Morgan fingerprint density at radius 2 is 1.50 bits per heavy atom. The highest BCUT2D eigenvalue weighted by Crippen LogP contribution is 2.25. The average molecular weight is 402 g/mol. The van der Waals surface area contributed by atoms with Gasteiger partial charge in [0.2, 0.25) is 0 Å². The van der Waals surface area contributed by atoms with E-state index >= 15 is 0 Å². The maximum Gasteiger partial charge on any atom is 0.282 e. The van der Waals surface area contributed by atoms with Gasteiger partial charge in [-0.1, -0.05) is 24.4 Å². The lowest BCUT2D eigenvalue weighted by Crippen LogP contribution is -2.54. The molecule has 0 atom stereocenters. The minimum absolute atomic E-state index is 0.0726. The smallest absolute Gasteiger partial charge is 0.282 e. The van der Waals surface area contributed by atoms with Gasteiger partial charge in [-0.2, -0.15) is 17.0 Å². The van der Waals surface area contributed by atoms with Crippen LogP contribution in [0.25, 0.3) is 0 Å². The molecule has 0 spiro atoms. The number of carbonyl (C=O) groups is 1. The number of amides is 1. The molecule has 1 aromatic carbocycles. The first kappa shape index (κ1) is 19.4. The van der Waals surface area contributed by atoms with Gasteiger partial charge in [-0.05, 0) is 31.0 Å². The summed E-state index contributed by atoms with van der Waals surface area (Å²) in [5.41, 5.74) is 0.386. The van der Waals surface area contributed by atoms with Crippen molar-refractivity contribution in [2.24, 2.45) is 0 Å². The summed E-state index contributed by atoms with van der Waals surface area (Å²) >= 11 is 5.87. The Hall–Kier alpha value is -1.35. The largest absolute Gasteiger partial charge is 0.506 e. The van der Waals surface area contributed by atoms with Gasteiger partial charge < -0.3 is 10.0 Å². The molecule has 0 aliphatic carbocycles. The van der Waals surface area contributed by atoms with E-state index in [4.69, 9.17) is 11.6 Å².